The largest absolute Gasteiger partial charge is 0.495 e. The van der Waals surface area contributed by atoms with E-state index >= 15 is 0 Å². The third-order valence-corrected chi connectivity index (χ3v) is 4.64. The molecule has 0 saturated carbocycles. The van der Waals surface area contributed by atoms with Gasteiger partial charge in [-0.1, -0.05) is 12.1 Å². The Morgan fingerprint density at radius 1 is 0.966 bits per heavy atom. The molecule has 2 N–H and O–H groups in total. The molecule has 0 atom stereocenters. The van der Waals surface area contributed by atoms with Crippen molar-refractivity contribution in [2.75, 3.05) is 35.7 Å². The van der Waals surface area contributed by atoms with Crippen LogP contribution >= 0.6 is 0 Å². The van der Waals surface area contributed by atoms with Crippen LogP contribution in [0.4, 0.5) is 22.7 Å². The fourth-order valence-electron chi connectivity index (χ4n) is 3.05. The normalized spacial score (nSPS) is 10.3. The van der Waals surface area contributed by atoms with Gasteiger partial charge in [-0.25, -0.2) is 4.98 Å². The summed E-state index contributed by atoms with van der Waals surface area (Å²) in [5.41, 5.74) is 3.92. The number of hydrogen-bond acceptors (Lipinski definition) is 5. The Morgan fingerprint density at radius 2 is 1.66 bits per heavy atom. The van der Waals surface area contributed by atoms with E-state index in [1.807, 2.05) is 30.3 Å². The van der Waals surface area contributed by atoms with Gasteiger partial charge in [0.25, 0.3) is 5.91 Å². The zero-order valence-electron chi connectivity index (χ0n) is 17.0. The topological polar surface area (TPSA) is 66.5 Å². The quantitative estimate of drug-likeness (QED) is 0.571. The molecule has 0 spiro atoms. The number of para-hydroxylation sites is 2. The first kappa shape index (κ1) is 20.2. The Balaban J connectivity index is 1.64. The van der Waals surface area contributed by atoms with Gasteiger partial charge in [-0.15, -0.1) is 0 Å². The van der Waals surface area contributed by atoms with E-state index in [-0.39, 0.29) is 5.91 Å². The van der Waals surface area contributed by atoms with Crippen molar-refractivity contribution in [3.05, 3.63) is 72.6 Å². The van der Waals surface area contributed by atoms with Crippen molar-refractivity contribution in [1.29, 1.82) is 0 Å². The fraction of sp³-hybridized carbons (Fsp3) is 0.217. The molecule has 3 rings (SSSR count). The van der Waals surface area contributed by atoms with Gasteiger partial charge in [-0.05, 0) is 62.4 Å². The Hall–Kier alpha value is -3.54. The van der Waals surface area contributed by atoms with E-state index < -0.39 is 0 Å². The summed E-state index contributed by atoms with van der Waals surface area (Å²) in [5.74, 6) is 0.317. The molecule has 6 heteroatoms. The predicted molar refractivity (Wildman–Crippen MR) is 118 cm³/mol. The Bertz CT molecular complexity index is 936. The summed E-state index contributed by atoms with van der Waals surface area (Å²) in [6.07, 6.45) is 1.65. The SMILES string of the molecule is CCN(CC)c1ccc(Nc2ccc(C(=O)Nc3ccccc3OC)nc2)cc1. The first-order valence-electron chi connectivity index (χ1n) is 9.67. The van der Waals surface area contributed by atoms with Gasteiger partial charge >= 0.3 is 0 Å². The minimum Gasteiger partial charge on any atom is -0.495 e. The molecule has 0 radical (unpaired) electrons. The summed E-state index contributed by atoms with van der Waals surface area (Å²) < 4.78 is 5.26. The maximum Gasteiger partial charge on any atom is 0.274 e. The van der Waals surface area contributed by atoms with E-state index in [2.05, 4.69) is 46.5 Å². The molecule has 1 heterocycles. The zero-order chi connectivity index (χ0) is 20.6. The number of ether oxygens (including phenoxy) is 1. The van der Waals surface area contributed by atoms with Crippen LogP contribution in [0.3, 0.4) is 0 Å². The molecule has 2 aromatic carbocycles. The molecular weight excluding hydrogens is 364 g/mol. The molecule has 3 aromatic rings. The van der Waals surface area contributed by atoms with Crippen molar-refractivity contribution in [3.8, 4) is 5.75 Å². The number of pyridine rings is 1. The Kier molecular flexibility index (Phi) is 6.68. The Morgan fingerprint density at radius 3 is 2.28 bits per heavy atom. The molecule has 0 bridgehead atoms. The second-order valence-electron chi connectivity index (χ2n) is 6.43. The summed E-state index contributed by atoms with van der Waals surface area (Å²) in [6, 6.07) is 19.1. The number of hydrogen-bond donors (Lipinski definition) is 2. The predicted octanol–water partition coefficient (Wildman–Crippen LogP) is 4.93. The second-order valence-corrected chi connectivity index (χ2v) is 6.43. The third kappa shape index (κ3) is 5.04. The van der Waals surface area contributed by atoms with Crippen LogP contribution in [-0.4, -0.2) is 31.1 Å². The average molecular weight is 390 g/mol. The molecule has 150 valence electrons. The third-order valence-electron chi connectivity index (χ3n) is 4.64. The number of carbonyl (C=O) groups excluding carboxylic acids is 1. The van der Waals surface area contributed by atoms with Gasteiger partial charge in [0, 0.05) is 24.5 Å². The maximum atomic E-state index is 12.5. The highest BCUT2D eigenvalue weighted by atomic mass is 16.5. The summed E-state index contributed by atoms with van der Waals surface area (Å²) in [4.78, 5) is 19.0. The van der Waals surface area contributed by atoms with Crippen LogP contribution in [-0.2, 0) is 0 Å². The van der Waals surface area contributed by atoms with Crippen molar-refractivity contribution in [1.82, 2.24) is 4.98 Å². The van der Waals surface area contributed by atoms with Crippen LogP contribution in [0.1, 0.15) is 24.3 Å². The smallest absolute Gasteiger partial charge is 0.274 e. The lowest BCUT2D eigenvalue weighted by Gasteiger charge is -2.21. The van der Waals surface area contributed by atoms with Crippen LogP contribution in [0, 0.1) is 0 Å². The van der Waals surface area contributed by atoms with Gasteiger partial charge in [-0.2, -0.15) is 0 Å². The van der Waals surface area contributed by atoms with Crippen molar-refractivity contribution >= 4 is 28.7 Å². The molecule has 0 aliphatic rings. The molecule has 1 aromatic heterocycles. The molecule has 0 saturated heterocycles. The highest BCUT2D eigenvalue weighted by Gasteiger charge is 2.10. The summed E-state index contributed by atoms with van der Waals surface area (Å²) in [7, 11) is 1.57. The van der Waals surface area contributed by atoms with Gasteiger partial charge in [-0.3, -0.25) is 4.79 Å². The van der Waals surface area contributed by atoms with Crippen molar-refractivity contribution in [2.24, 2.45) is 0 Å². The first-order valence-corrected chi connectivity index (χ1v) is 9.67. The molecule has 29 heavy (non-hydrogen) atoms. The lowest BCUT2D eigenvalue weighted by Crippen LogP contribution is -2.21. The molecule has 0 fully saturated rings. The van der Waals surface area contributed by atoms with E-state index in [0.29, 0.717) is 17.1 Å². The number of nitrogens with one attached hydrogen (secondary N) is 2. The van der Waals surface area contributed by atoms with Crippen molar-refractivity contribution in [3.63, 3.8) is 0 Å². The van der Waals surface area contributed by atoms with E-state index in [9.17, 15) is 4.79 Å². The van der Waals surface area contributed by atoms with Gasteiger partial charge in [0.05, 0.1) is 24.7 Å². The van der Waals surface area contributed by atoms with Gasteiger partial charge in [0.1, 0.15) is 11.4 Å². The number of benzene rings is 2. The number of aromatic nitrogens is 1. The average Bonchev–Trinajstić information content (AvgIpc) is 2.76. The molecular formula is C23H26N4O2. The van der Waals surface area contributed by atoms with E-state index in [4.69, 9.17) is 4.74 Å². The van der Waals surface area contributed by atoms with Crippen molar-refractivity contribution < 1.29 is 9.53 Å². The van der Waals surface area contributed by atoms with Crippen LogP contribution in [0.15, 0.2) is 66.9 Å². The standard InChI is InChI=1S/C23H26N4O2/c1-4-27(5-2)19-13-10-17(11-14-19)25-18-12-15-21(24-16-18)23(28)26-20-8-6-7-9-22(20)29-3/h6-16,25H,4-5H2,1-3H3,(H,26,28). The maximum absolute atomic E-state index is 12.5. The zero-order valence-corrected chi connectivity index (χ0v) is 17.0. The minimum absolute atomic E-state index is 0.287. The number of nitrogens with zero attached hydrogens (tertiary/aromatic N) is 2. The summed E-state index contributed by atoms with van der Waals surface area (Å²) >= 11 is 0. The van der Waals surface area contributed by atoms with Crippen molar-refractivity contribution in [2.45, 2.75) is 13.8 Å². The number of rotatable bonds is 8. The lowest BCUT2D eigenvalue weighted by molar-refractivity contribution is 0.102. The second kappa shape index (κ2) is 9.59. The van der Waals surface area contributed by atoms with Crippen LogP contribution < -0.4 is 20.3 Å². The minimum atomic E-state index is -0.287. The fourth-order valence-corrected chi connectivity index (χ4v) is 3.05. The summed E-state index contributed by atoms with van der Waals surface area (Å²) in [5, 5.41) is 6.13. The van der Waals surface area contributed by atoms with Gasteiger partial charge in [0.15, 0.2) is 0 Å². The molecule has 0 aliphatic carbocycles. The molecule has 6 nitrogen and oxygen atoms in total. The molecule has 0 unspecified atom stereocenters. The molecule has 1 amide bonds. The monoisotopic (exact) mass is 390 g/mol. The Labute approximate surface area is 171 Å². The number of anilines is 4. The number of amides is 1. The van der Waals surface area contributed by atoms with Crippen LogP contribution in [0.2, 0.25) is 0 Å². The number of methoxy groups -OCH3 is 1. The number of carbonyl (C=O) groups is 1. The highest BCUT2D eigenvalue weighted by Crippen LogP contribution is 2.24. The van der Waals surface area contributed by atoms with E-state index in [1.165, 1.54) is 5.69 Å². The first-order chi connectivity index (χ1) is 14.1. The lowest BCUT2D eigenvalue weighted by atomic mass is 10.2. The van der Waals surface area contributed by atoms with E-state index in [0.717, 1.165) is 24.5 Å². The van der Waals surface area contributed by atoms with Crippen LogP contribution in [0.25, 0.3) is 0 Å². The van der Waals surface area contributed by atoms with Gasteiger partial charge < -0.3 is 20.3 Å². The highest BCUT2D eigenvalue weighted by molar-refractivity contribution is 6.03. The van der Waals surface area contributed by atoms with Gasteiger partial charge in [0.2, 0.25) is 0 Å². The summed E-state index contributed by atoms with van der Waals surface area (Å²) in [6.45, 7) is 6.25. The molecule has 0 aliphatic heterocycles. The van der Waals surface area contributed by atoms with Crippen LogP contribution in [0.5, 0.6) is 5.75 Å². The van der Waals surface area contributed by atoms with E-state index in [1.54, 1.807) is 31.5 Å².